The largest absolute Gasteiger partial charge is 0.494 e. The molecule has 36 heavy (non-hydrogen) atoms. The Balaban J connectivity index is 1.58. The van der Waals surface area contributed by atoms with Gasteiger partial charge in [0, 0.05) is 18.9 Å². The highest BCUT2D eigenvalue weighted by atomic mass is 32.2. The number of aromatic nitrogens is 3. The van der Waals surface area contributed by atoms with Gasteiger partial charge < -0.3 is 15.4 Å². The van der Waals surface area contributed by atoms with Crippen LogP contribution in [0.5, 0.6) is 5.75 Å². The van der Waals surface area contributed by atoms with E-state index in [1.165, 1.54) is 4.68 Å². The number of carbonyl (C=O) groups is 2. The third kappa shape index (κ3) is 4.34. The minimum absolute atomic E-state index is 0.104. The number of pyridine rings is 1. The second-order valence-corrected chi connectivity index (χ2v) is 11.5. The van der Waals surface area contributed by atoms with Gasteiger partial charge in [-0.05, 0) is 61.6 Å². The molecule has 1 aromatic carbocycles. The Morgan fingerprint density at radius 3 is 2.78 bits per heavy atom. The molecular weight excluding hydrogens is 482 g/mol. The third-order valence-electron chi connectivity index (χ3n) is 6.50. The minimum atomic E-state index is -3.57. The summed E-state index contributed by atoms with van der Waals surface area (Å²) in [5, 5.41) is 10.5. The summed E-state index contributed by atoms with van der Waals surface area (Å²) >= 11 is 0. The number of fused-ring (bicyclic) bond motifs is 3. The maximum absolute atomic E-state index is 13.5. The SMILES string of the molecule is CCOc1ccc2c(c1)CC[C@]21Cc2nn(-c3ccc(C)cn3)c(NC(=O)CS(C)(=O)=O)c2C(=O)N1. The van der Waals surface area contributed by atoms with Gasteiger partial charge >= 0.3 is 0 Å². The summed E-state index contributed by atoms with van der Waals surface area (Å²) in [4.78, 5) is 30.5. The average molecular weight is 510 g/mol. The average Bonchev–Trinajstić information content (AvgIpc) is 3.32. The Bertz CT molecular complexity index is 1480. The molecule has 1 aliphatic heterocycles. The monoisotopic (exact) mass is 509 g/mol. The molecule has 2 aromatic heterocycles. The van der Waals surface area contributed by atoms with Crippen LogP contribution in [-0.4, -0.2) is 53.6 Å². The molecule has 0 saturated heterocycles. The van der Waals surface area contributed by atoms with Crippen LogP contribution < -0.4 is 15.4 Å². The Kier molecular flexibility index (Phi) is 5.82. The number of sulfone groups is 1. The number of hydrogen-bond acceptors (Lipinski definition) is 7. The van der Waals surface area contributed by atoms with E-state index in [1.807, 2.05) is 38.1 Å². The van der Waals surface area contributed by atoms with Crippen molar-refractivity contribution in [2.45, 2.75) is 38.6 Å². The molecule has 0 fully saturated rings. The van der Waals surface area contributed by atoms with E-state index in [9.17, 15) is 18.0 Å². The van der Waals surface area contributed by atoms with Gasteiger partial charge in [0.2, 0.25) is 5.91 Å². The number of aryl methyl sites for hydroxylation is 2. The van der Waals surface area contributed by atoms with Crippen molar-refractivity contribution in [2.24, 2.45) is 0 Å². The fourth-order valence-electron chi connectivity index (χ4n) is 5.00. The number of nitrogens with one attached hydrogen (secondary N) is 2. The molecule has 10 nitrogen and oxygen atoms in total. The number of nitrogens with zero attached hydrogens (tertiary/aromatic N) is 3. The summed E-state index contributed by atoms with van der Waals surface area (Å²) in [6, 6.07) is 9.49. The highest BCUT2D eigenvalue weighted by Gasteiger charge is 2.46. The van der Waals surface area contributed by atoms with Gasteiger partial charge in [-0.3, -0.25) is 9.59 Å². The van der Waals surface area contributed by atoms with Crippen molar-refractivity contribution in [1.29, 1.82) is 0 Å². The van der Waals surface area contributed by atoms with Crippen molar-refractivity contribution in [3.05, 3.63) is 64.5 Å². The van der Waals surface area contributed by atoms with Gasteiger partial charge in [0.25, 0.3) is 5.91 Å². The van der Waals surface area contributed by atoms with Crippen LogP contribution in [0, 0.1) is 6.92 Å². The number of benzene rings is 1. The summed E-state index contributed by atoms with van der Waals surface area (Å²) < 4.78 is 30.4. The lowest BCUT2D eigenvalue weighted by atomic mass is 9.82. The molecule has 188 valence electrons. The Hall–Kier alpha value is -3.73. The van der Waals surface area contributed by atoms with Gasteiger partial charge in [-0.25, -0.2) is 13.4 Å². The zero-order chi connectivity index (χ0) is 25.7. The Labute approximate surface area is 209 Å². The first-order chi connectivity index (χ1) is 17.1. The zero-order valence-electron chi connectivity index (χ0n) is 20.3. The molecule has 11 heteroatoms. The van der Waals surface area contributed by atoms with Gasteiger partial charge in [0.05, 0.1) is 17.8 Å². The van der Waals surface area contributed by atoms with Crippen LogP contribution in [0.1, 0.15) is 46.1 Å². The first kappa shape index (κ1) is 24.0. The van der Waals surface area contributed by atoms with E-state index in [0.717, 1.165) is 35.1 Å². The van der Waals surface area contributed by atoms with Crippen LogP contribution in [0.3, 0.4) is 0 Å². The van der Waals surface area contributed by atoms with Crippen molar-refractivity contribution < 1.29 is 22.7 Å². The number of rotatable bonds is 6. The van der Waals surface area contributed by atoms with Gasteiger partial charge in [-0.2, -0.15) is 9.78 Å². The highest BCUT2D eigenvalue weighted by Crippen LogP contribution is 2.44. The van der Waals surface area contributed by atoms with Crippen LogP contribution in [-0.2, 0) is 33.0 Å². The number of amides is 2. The van der Waals surface area contributed by atoms with Crippen molar-refractivity contribution >= 4 is 27.5 Å². The summed E-state index contributed by atoms with van der Waals surface area (Å²) in [5.74, 6) is -0.550. The molecule has 2 amide bonds. The first-order valence-electron chi connectivity index (χ1n) is 11.7. The van der Waals surface area contributed by atoms with E-state index in [0.29, 0.717) is 31.0 Å². The molecule has 1 spiro atoms. The van der Waals surface area contributed by atoms with Crippen molar-refractivity contribution in [3.63, 3.8) is 0 Å². The van der Waals surface area contributed by atoms with E-state index in [2.05, 4.69) is 15.6 Å². The van der Waals surface area contributed by atoms with Crippen LogP contribution in [0.2, 0.25) is 0 Å². The molecule has 2 aliphatic rings. The van der Waals surface area contributed by atoms with E-state index in [1.54, 1.807) is 12.3 Å². The van der Waals surface area contributed by atoms with Crippen molar-refractivity contribution in [1.82, 2.24) is 20.1 Å². The van der Waals surface area contributed by atoms with Crippen LogP contribution in [0.15, 0.2) is 36.5 Å². The normalized spacial score (nSPS) is 18.5. The molecular formula is C25H27N5O5S. The molecule has 0 unspecified atom stereocenters. The molecule has 5 rings (SSSR count). The van der Waals surface area contributed by atoms with Crippen molar-refractivity contribution in [2.75, 3.05) is 23.9 Å². The Morgan fingerprint density at radius 1 is 1.28 bits per heavy atom. The van der Waals surface area contributed by atoms with Crippen LogP contribution in [0.4, 0.5) is 5.82 Å². The predicted octanol–water partition coefficient (Wildman–Crippen LogP) is 2.09. The second kappa shape index (κ2) is 8.74. The van der Waals surface area contributed by atoms with Gasteiger partial charge in [-0.1, -0.05) is 12.1 Å². The number of carbonyl (C=O) groups excluding carboxylic acids is 2. The molecule has 0 saturated carbocycles. The van der Waals surface area contributed by atoms with Gasteiger partial charge in [0.1, 0.15) is 17.1 Å². The molecule has 3 heterocycles. The lowest BCUT2D eigenvalue weighted by Gasteiger charge is -2.35. The first-order valence-corrected chi connectivity index (χ1v) is 13.8. The molecule has 1 aliphatic carbocycles. The van der Waals surface area contributed by atoms with E-state index < -0.39 is 27.0 Å². The second-order valence-electron chi connectivity index (χ2n) is 9.36. The standard InChI is InChI=1S/C25H27N5O5S/c1-4-35-17-6-7-18-16(11-17)9-10-25(18)12-19-22(24(32)28-25)23(27-21(31)14-36(3,33)34)30(29-19)20-8-5-15(2)13-26-20/h5-8,11,13H,4,9-10,12,14H2,1-3H3,(H,27,31)(H,28,32)/t25-/m0/s1. The van der Waals surface area contributed by atoms with Crippen LogP contribution in [0.25, 0.3) is 5.82 Å². The molecule has 0 bridgehead atoms. The molecule has 3 aromatic rings. The number of ether oxygens (including phenoxy) is 1. The topological polar surface area (TPSA) is 132 Å². The summed E-state index contributed by atoms with van der Waals surface area (Å²) in [6.45, 7) is 4.40. The fourth-order valence-corrected chi connectivity index (χ4v) is 5.55. The van der Waals surface area contributed by atoms with E-state index >= 15 is 0 Å². The minimum Gasteiger partial charge on any atom is -0.494 e. The maximum Gasteiger partial charge on any atom is 0.257 e. The van der Waals surface area contributed by atoms with Gasteiger partial charge in [-0.15, -0.1) is 0 Å². The summed E-state index contributed by atoms with van der Waals surface area (Å²) in [6.07, 6.45) is 4.54. The van der Waals surface area contributed by atoms with E-state index in [4.69, 9.17) is 9.84 Å². The number of anilines is 1. The Morgan fingerprint density at radius 2 is 2.08 bits per heavy atom. The molecule has 1 atom stereocenters. The quantitative estimate of drug-likeness (QED) is 0.520. The lowest BCUT2D eigenvalue weighted by Crippen LogP contribution is -2.49. The third-order valence-corrected chi connectivity index (χ3v) is 7.28. The maximum atomic E-state index is 13.5. The number of hydrogen-bond donors (Lipinski definition) is 2. The molecule has 2 N–H and O–H groups in total. The van der Waals surface area contributed by atoms with Gasteiger partial charge in [0.15, 0.2) is 21.5 Å². The fraction of sp³-hybridized carbons (Fsp3) is 0.360. The van der Waals surface area contributed by atoms with Crippen LogP contribution >= 0.6 is 0 Å². The zero-order valence-corrected chi connectivity index (χ0v) is 21.1. The highest BCUT2D eigenvalue weighted by molar-refractivity contribution is 7.91. The summed E-state index contributed by atoms with van der Waals surface area (Å²) in [5.41, 5.74) is 3.17. The predicted molar refractivity (Wildman–Crippen MR) is 133 cm³/mol. The summed E-state index contributed by atoms with van der Waals surface area (Å²) in [7, 11) is -3.57. The lowest BCUT2D eigenvalue weighted by molar-refractivity contribution is -0.113. The van der Waals surface area contributed by atoms with E-state index in [-0.39, 0.29) is 17.3 Å². The van der Waals surface area contributed by atoms with Crippen molar-refractivity contribution in [3.8, 4) is 11.6 Å². The molecule has 0 radical (unpaired) electrons. The smallest absolute Gasteiger partial charge is 0.257 e.